The molecule has 0 bridgehead atoms. The van der Waals surface area contributed by atoms with Crippen molar-refractivity contribution in [2.45, 2.75) is 30.6 Å². The Morgan fingerprint density at radius 2 is 1.60 bits per heavy atom. The van der Waals surface area contributed by atoms with Crippen molar-refractivity contribution in [3.05, 3.63) is 48.0 Å². The number of anilines is 1. The van der Waals surface area contributed by atoms with Gasteiger partial charge in [0.1, 0.15) is 10.6 Å². The van der Waals surface area contributed by atoms with E-state index in [1.807, 2.05) is 0 Å². The van der Waals surface area contributed by atoms with Gasteiger partial charge in [-0.25, -0.2) is 16.8 Å². The third kappa shape index (κ3) is 4.82. The zero-order valence-electron chi connectivity index (χ0n) is 17.4. The van der Waals surface area contributed by atoms with Crippen LogP contribution in [0, 0.1) is 0 Å². The SMILES string of the molecule is CCN(CC)S(=O)(=O)c1cc(C(=O)Nc2ccccc2S(=O)(=O)CC)ccc1OC. The molecule has 1 N–H and O–H groups in total. The summed E-state index contributed by atoms with van der Waals surface area (Å²) in [5, 5.41) is 2.57. The van der Waals surface area contributed by atoms with Crippen LogP contribution in [0.2, 0.25) is 0 Å². The molecule has 0 aliphatic heterocycles. The van der Waals surface area contributed by atoms with Gasteiger partial charge in [0.15, 0.2) is 9.84 Å². The zero-order chi connectivity index (χ0) is 22.5. The molecule has 0 aliphatic rings. The molecule has 0 radical (unpaired) electrons. The zero-order valence-corrected chi connectivity index (χ0v) is 19.0. The number of nitrogens with zero attached hydrogens (tertiary/aromatic N) is 1. The first kappa shape index (κ1) is 23.8. The van der Waals surface area contributed by atoms with Crippen LogP contribution in [0.3, 0.4) is 0 Å². The van der Waals surface area contributed by atoms with Crippen LogP contribution in [-0.2, 0) is 19.9 Å². The predicted octanol–water partition coefficient (Wildman–Crippen LogP) is 2.77. The number of carbonyl (C=O) groups is 1. The monoisotopic (exact) mass is 454 g/mol. The van der Waals surface area contributed by atoms with Crippen LogP contribution < -0.4 is 10.1 Å². The number of nitrogens with one attached hydrogen (secondary N) is 1. The molecule has 0 atom stereocenters. The minimum Gasteiger partial charge on any atom is -0.495 e. The Labute approximate surface area is 177 Å². The number of benzene rings is 2. The molecule has 2 aromatic carbocycles. The van der Waals surface area contributed by atoms with Crippen molar-refractivity contribution >= 4 is 31.5 Å². The number of sulfone groups is 1. The van der Waals surface area contributed by atoms with Crippen molar-refractivity contribution < 1.29 is 26.4 Å². The van der Waals surface area contributed by atoms with Gasteiger partial charge >= 0.3 is 0 Å². The van der Waals surface area contributed by atoms with Gasteiger partial charge in [-0.05, 0) is 30.3 Å². The number of methoxy groups -OCH3 is 1. The van der Waals surface area contributed by atoms with Gasteiger partial charge in [0.2, 0.25) is 10.0 Å². The summed E-state index contributed by atoms with van der Waals surface area (Å²) in [7, 11) is -6.08. The van der Waals surface area contributed by atoms with Gasteiger partial charge in [0.25, 0.3) is 5.91 Å². The van der Waals surface area contributed by atoms with Crippen molar-refractivity contribution in [3.8, 4) is 5.75 Å². The molecular formula is C20H26N2O6S2. The lowest BCUT2D eigenvalue weighted by Crippen LogP contribution is -2.31. The first-order chi connectivity index (χ1) is 14.1. The number of para-hydroxylation sites is 1. The minimum atomic E-state index is -3.88. The highest BCUT2D eigenvalue weighted by Gasteiger charge is 2.27. The van der Waals surface area contributed by atoms with Crippen LogP contribution in [0.5, 0.6) is 5.75 Å². The Kier molecular flexibility index (Phi) is 7.62. The fourth-order valence-electron chi connectivity index (χ4n) is 2.91. The molecular weight excluding hydrogens is 428 g/mol. The van der Waals surface area contributed by atoms with Crippen LogP contribution >= 0.6 is 0 Å². The van der Waals surface area contributed by atoms with Gasteiger partial charge < -0.3 is 10.1 Å². The lowest BCUT2D eigenvalue weighted by Gasteiger charge is -2.20. The molecule has 0 aromatic heterocycles. The summed E-state index contributed by atoms with van der Waals surface area (Å²) in [6.45, 7) is 5.48. The molecule has 0 saturated carbocycles. The summed E-state index contributed by atoms with van der Waals surface area (Å²) in [5.41, 5.74) is 0.193. The number of hydrogen-bond donors (Lipinski definition) is 1. The van der Waals surface area contributed by atoms with E-state index in [-0.39, 0.29) is 45.6 Å². The van der Waals surface area contributed by atoms with Gasteiger partial charge in [-0.1, -0.05) is 32.9 Å². The first-order valence-electron chi connectivity index (χ1n) is 9.43. The van der Waals surface area contributed by atoms with E-state index >= 15 is 0 Å². The molecule has 0 fully saturated rings. The van der Waals surface area contributed by atoms with E-state index in [4.69, 9.17) is 4.74 Å². The molecule has 0 unspecified atom stereocenters. The molecule has 2 aromatic rings. The maximum absolute atomic E-state index is 13.0. The van der Waals surface area contributed by atoms with Gasteiger partial charge in [-0.15, -0.1) is 0 Å². The summed E-state index contributed by atoms with van der Waals surface area (Å²) in [6, 6.07) is 10.1. The summed E-state index contributed by atoms with van der Waals surface area (Å²) in [5.74, 6) is -0.630. The first-order valence-corrected chi connectivity index (χ1v) is 12.5. The predicted molar refractivity (Wildman–Crippen MR) is 115 cm³/mol. The molecule has 0 spiro atoms. The Morgan fingerprint density at radius 1 is 0.967 bits per heavy atom. The van der Waals surface area contributed by atoms with E-state index in [9.17, 15) is 21.6 Å². The number of sulfonamides is 1. The maximum Gasteiger partial charge on any atom is 0.255 e. The average molecular weight is 455 g/mol. The minimum absolute atomic E-state index is 0.00495. The van der Waals surface area contributed by atoms with E-state index in [0.717, 1.165) is 0 Å². The van der Waals surface area contributed by atoms with Crippen LogP contribution in [0.15, 0.2) is 52.3 Å². The van der Waals surface area contributed by atoms with Crippen molar-refractivity contribution in [3.63, 3.8) is 0 Å². The lowest BCUT2D eigenvalue weighted by molar-refractivity contribution is 0.102. The Hall–Kier alpha value is -2.43. The largest absolute Gasteiger partial charge is 0.495 e. The third-order valence-electron chi connectivity index (χ3n) is 4.60. The van der Waals surface area contributed by atoms with Crippen molar-refractivity contribution in [1.29, 1.82) is 0 Å². The Bertz CT molecular complexity index is 1120. The molecule has 30 heavy (non-hydrogen) atoms. The second-order valence-corrected chi connectivity index (χ2v) is 10.5. The summed E-state index contributed by atoms with van der Waals surface area (Å²) < 4.78 is 57.0. The fourth-order valence-corrected chi connectivity index (χ4v) is 5.60. The molecule has 10 heteroatoms. The van der Waals surface area contributed by atoms with Crippen LogP contribution in [-0.4, -0.2) is 53.0 Å². The van der Waals surface area contributed by atoms with Gasteiger partial charge in [0, 0.05) is 18.7 Å². The average Bonchev–Trinajstić information content (AvgIpc) is 2.74. The van der Waals surface area contributed by atoms with Crippen LogP contribution in [0.25, 0.3) is 0 Å². The van der Waals surface area contributed by atoms with E-state index in [2.05, 4.69) is 5.32 Å². The Balaban J connectivity index is 2.49. The highest BCUT2D eigenvalue weighted by atomic mass is 32.2. The van der Waals surface area contributed by atoms with Crippen molar-refractivity contribution in [2.24, 2.45) is 0 Å². The summed E-state index contributed by atoms with van der Waals surface area (Å²) in [4.78, 5) is 12.7. The second kappa shape index (κ2) is 9.59. The van der Waals surface area contributed by atoms with E-state index in [1.165, 1.54) is 48.7 Å². The number of ether oxygens (including phenoxy) is 1. The summed E-state index contributed by atoms with van der Waals surface area (Å²) in [6.07, 6.45) is 0. The number of hydrogen-bond acceptors (Lipinski definition) is 6. The van der Waals surface area contributed by atoms with E-state index in [0.29, 0.717) is 0 Å². The third-order valence-corrected chi connectivity index (χ3v) is 8.46. The molecule has 1 amide bonds. The highest BCUT2D eigenvalue weighted by molar-refractivity contribution is 7.91. The van der Waals surface area contributed by atoms with Crippen LogP contribution in [0.1, 0.15) is 31.1 Å². The van der Waals surface area contributed by atoms with E-state index in [1.54, 1.807) is 26.0 Å². The smallest absolute Gasteiger partial charge is 0.255 e. The fraction of sp³-hybridized carbons (Fsp3) is 0.350. The molecule has 0 saturated heterocycles. The molecule has 2 rings (SSSR count). The standard InChI is InChI=1S/C20H26N2O6S2/c1-5-22(6-2)30(26,27)19-14-15(12-13-17(19)28-4)20(23)21-16-10-8-9-11-18(16)29(24,25)7-3/h8-14H,5-7H2,1-4H3,(H,21,23). The molecule has 8 nitrogen and oxygen atoms in total. The molecule has 164 valence electrons. The number of amides is 1. The summed E-state index contributed by atoms with van der Waals surface area (Å²) >= 11 is 0. The number of carbonyl (C=O) groups excluding carboxylic acids is 1. The van der Waals surface area contributed by atoms with Gasteiger partial charge in [-0.3, -0.25) is 4.79 Å². The molecule has 0 heterocycles. The van der Waals surface area contributed by atoms with Gasteiger partial charge in [-0.2, -0.15) is 4.31 Å². The topological polar surface area (TPSA) is 110 Å². The maximum atomic E-state index is 13.0. The highest BCUT2D eigenvalue weighted by Crippen LogP contribution is 2.29. The second-order valence-electron chi connectivity index (χ2n) is 6.31. The number of rotatable bonds is 9. The van der Waals surface area contributed by atoms with Gasteiger partial charge in [0.05, 0.1) is 23.4 Å². The lowest BCUT2D eigenvalue weighted by atomic mass is 10.2. The van der Waals surface area contributed by atoms with Crippen molar-refractivity contribution in [2.75, 3.05) is 31.3 Å². The normalized spacial score (nSPS) is 12.0. The van der Waals surface area contributed by atoms with Crippen molar-refractivity contribution in [1.82, 2.24) is 4.31 Å². The van der Waals surface area contributed by atoms with E-state index < -0.39 is 25.8 Å². The molecule has 0 aliphatic carbocycles. The Morgan fingerprint density at radius 3 is 2.17 bits per heavy atom. The van der Waals surface area contributed by atoms with Crippen LogP contribution in [0.4, 0.5) is 5.69 Å². The quantitative estimate of drug-likeness (QED) is 0.624.